The number of carbonyl (C=O) groups is 1. The molecular formula is C17H18FNO3. The number of hydrogen-bond donors (Lipinski definition) is 1. The molecule has 116 valence electrons. The molecule has 1 amide bonds. The van der Waals surface area contributed by atoms with Crippen molar-refractivity contribution in [1.29, 1.82) is 0 Å². The maximum atomic E-state index is 12.9. The van der Waals surface area contributed by atoms with Crippen LogP contribution in [0.5, 0.6) is 11.5 Å². The SMILES string of the molecule is COc1ccc(CNC(=O)c2ccc(F)cc2)c(OC)c1C. The third-order valence-electron chi connectivity index (χ3n) is 3.41. The van der Waals surface area contributed by atoms with Crippen LogP contribution in [0.15, 0.2) is 36.4 Å². The van der Waals surface area contributed by atoms with Gasteiger partial charge in [-0.2, -0.15) is 0 Å². The Kier molecular flexibility index (Phi) is 4.99. The third-order valence-corrected chi connectivity index (χ3v) is 3.41. The van der Waals surface area contributed by atoms with Crippen LogP contribution in [-0.2, 0) is 6.54 Å². The summed E-state index contributed by atoms with van der Waals surface area (Å²) in [6.45, 7) is 2.20. The molecule has 0 bridgehead atoms. The molecule has 0 radical (unpaired) electrons. The molecule has 0 aliphatic heterocycles. The van der Waals surface area contributed by atoms with E-state index in [1.54, 1.807) is 14.2 Å². The van der Waals surface area contributed by atoms with Crippen LogP contribution in [0, 0.1) is 12.7 Å². The summed E-state index contributed by atoms with van der Waals surface area (Å²) in [6, 6.07) is 9.08. The Morgan fingerprint density at radius 3 is 2.36 bits per heavy atom. The van der Waals surface area contributed by atoms with Crippen molar-refractivity contribution in [1.82, 2.24) is 5.32 Å². The molecule has 0 atom stereocenters. The molecule has 0 fully saturated rings. The number of nitrogens with one attached hydrogen (secondary N) is 1. The normalized spacial score (nSPS) is 10.2. The average Bonchev–Trinajstić information content (AvgIpc) is 2.53. The summed E-state index contributed by atoms with van der Waals surface area (Å²) < 4.78 is 23.5. The van der Waals surface area contributed by atoms with Gasteiger partial charge in [0.2, 0.25) is 0 Å². The van der Waals surface area contributed by atoms with Gasteiger partial charge in [0.05, 0.1) is 14.2 Å². The summed E-state index contributed by atoms with van der Waals surface area (Å²) in [5.74, 6) is 0.767. The lowest BCUT2D eigenvalue weighted by Gasteiger charge is -2.15. The van der Waals surface area contributed by atoms with Crippen LogP contribution < -0.4 is 14.8 Å². The minimum atomic E-state index is -0.371. The van der Waals surface area contributed by atoms with Gasteiger partial charge in [-0.3, -0.25) is 4.79 Å². The first-order valence-electron chi connectivity index (χ1n) is 6.81. The van der Waals surface area contributed by atoms with Crippen molar-refractivity contribution in [3.8, 4) is 11.5 Å². The van der Waals surface area contributed by atoms with Crippen molar-refractivity contribution in [2.45, 2.75) is 13.5 Å². The molecular weight excluding hydrogens is 285 g/mol. The molecule has 0 aliphatic carbocycles. The molecule has 0 aliphatic rings. The molecule has 22 heavy (non-hydrogen) atoms. The maximum Gasteiger partial charge on any atom is 0.251 e. The highest BCUT2D eigenvalue weighted by molar-refractivity contribution is 5.94. The number of ether oxygens (including phenoxy) is 2. The number of halogens is 1. The summed E-state index contributed by atoms with van der Waals surface area (Å²) in [5, 5.41) is 2.79. The summed E-state index contributed by atoms with van der Waals surface area (Å²) in [5.41, 5.74) is 2.13. The predicted molar refractivity (Wildman–Crippen MR) is 81.9 cm³/mol. The number of benzene rings is 2. The van der Waals surface area contributed by atoms with Gasteiger partial charge in [-0.05, 0) is 43.3 Å². The highest BCUT2D eigenvalue weighted by Gasteiger charge is 2.12. The fourth-order valence-electron chi connectivity index (χ4n) is 2.25. The van der Waals surface area contributed by atoms with Crippen LogP contribution in [-0.4, -0.2) is 20.1 Å². The molecule has 0 unspecified atom stereocenters. The first-order valence-corrected chi connectivity index (χ1v) is 6.81. The molecule has 0 aromatic heterocycles. The van der Waals surface area contributed by atoms with E-state index in [1.807, 2.05) is 19.1 Å². The smallest absolute Gasteiger partial charge is 0.251 e. The second-order valence-electron chi connectivity index (χ2n) is 4.77. The molecule has 5 heteroatoms. The quantitative estimate of drug-likeness (QED) is 0.923. The van der Waals surface area contributed by atoms with Crippen LogP contribution in [0.2, 0.25) is 0 Å². The van der Waals surface area contributed by atoms with Crippen LogP contribution in [0.1, 0.15) is 21.5 Å². The van der Waals surface area contributed by atoms with E-state index in [4.69, 9.17) is 9.47 Å². The van der Waals surface area contributed by atoms with Gasteiger partial charge in [0.25, 0.3) is 5.91 Å². The standard InChI is InChI=1S/C17H18FNO3/c1-11-15(21-2)9-6-13(16(11)22-3)10-19-17(20)12-4-7-14(18)8-5-12/h4-9H,10H2,1-3H3,(H,19,20). The van der Waals surface area contributed by atoms with Crippen molar-refractivity contribution in [2.75, 3.05) is 14.2 Å². The number of carbonyl (C=O) groups excluding carboxylic acids is 1. The maximum absolute atomic E-state index is 12.9. The van der Waals surface area contributed by atoms with E-state index in [0.717, 1.165) is 16.9 Å². The van der Waals surface area contributed by atoms with E-state index >= 15 is 0 Å². The summed E-state index contributed by atoms with van der Waals surface area (Å²) in [4.78, 5) is 12.0. The number of methoxy groups -OCH3 is 2. The van der Waals surface area contributed by atoms with E-state index in [2.05, 4.69) is 5.32 Å². The third kappa shape index (κ3) is 3.36. The first-order chi connectivity index (χ1) is 10.6. The molecule has 2 aromatic rings. The van der Waals surface area contributed by atoms with Gasteiger partial charge in [-0.1, -0.05) is 0 Å². The van der Waals surface area contributed by atoms with Crippen LogP contribution >= 0.6 is 0 Å². The second kappa shape index (κ2) is 6.93. The molecule has 2 rings (SSSR count). The Balaban J connectivity index is 2.13. The van der Waals surface area contributed by atoms with E-state index in [-0.39, 0.29) is 11.7 Å². The lowest BCUT2D eigenvalue weighted by molar-refractivity contribution is 0.0950. The summed E-state index contributed by atoms with van der Waals surface area (Å²) in [6.07, 6.45) is 0. The van der Waals surface area contributed by atoms with Crippen molar-refractivity contribution in [2.24, 2.45) is 0 Å². The summed E-state index contributed by atoms with van der Waals surface area (Å²) in [7, 11) is 3.17. The van der Waals surface area contributed by atoms with Crippen molar-refractivity contribution < 1.29 is 18.7 Å². The van der Waals surface area contributed by atoms with Gasteiger partial charge >= 0.3 is 0 Å². The van der Waals surface area contributed by atoms with E-state index in [0.29, 0.717) is 17.9 Å². The monoisotopic (exact) mass is 303 g/mol. The van der Waals surface area contributed by atoms with Gasteiger partial charge in [0.15, 0.2) is 0 Å². The lowest BCUT2D eigenvalue weighted by Crippen LogP contribution is -2.23. The van der Waals surface area contributed by atoms with Crippen LogP contribution in [0.25, 0.3) is 0 Å². The Labute approximate surface area is 128 Å². The van der Waals surface area contributed by atoms with Crippen LogP contribution in [0.3, 0.4) is 0 Å². The van der Waals surface area contributed by atoms with Gasteiger partial charge in [-0.25, -0.2) is 4.39 Å². The number of rotatable bonds is 5. The highest BCUT2D eigenvalue weighted by Crippen LogP contribution is 2.31. The highest BCUT2D eigenvalue weighted by atomic mass is 19.1. The topological polar surface area (TPSA) is 47.6 Å². The molecule has 0 saturated heterocycles. The van der Waals surface area contributed by atoms with Crippen LogP contribution in [0.4, 0.5) is 4.39 Å². The molecule has 2 aromatic carbocycles. The molecule has 0 spiro atoms. The van der Waals surface area contributed by atoms with Gasteiger partial charge in [0.1, 0.15) is 17.3 Å². The number of hydrogen-bond acceptors (Lipinski definition) is 3. The van der Waals surface area contributed by atoms with Gasteiger partial charge < -0.3 is 14.8 Å². The summed E-state index contributed by atoms with van der Waals surface area (Å²) >= 11 is 0. The minimum absolute atomic E-state index is 0.268. The first kappa shape index (κ1) is 15.8. The zero-order chi connectivity index (χ0) is 16.1. The average molecular weight is 303 g/mol. The zero-order valence-corrected chi connectivity index (χ0v) is 12.8. The fourth-order valence-corrected chi connectivity index (χ4v) is 2.25. The van der Waals surface area contributed by atoms with Crippen molar-refractivity contribution >= 4 is 5.91 Å². The zero-order valence-electron chi connectivity index (χ0n) is 12.8. The lowest BCUT2D eigenvalue weighted by atomic mass is 10.1. The van der Waals surface area contributed by atoms with E-state index in [9.17, 15) is 9.18 Å². The Hall–Kier alpha value is -2.56. The Morgan fingerprint density at radius 2 is 1.77 bits per heavy atom. The largest absolute Gasteiger partial charge is 0.496 e. The number of amides is 1. The molecule has 1 N–H and O–H groups in total. The Bertz CT molecular complexity index is 668. The Morgan fingerprint density at radius 1 is 1.09 bits per heavy atom. The molecule has 0 heterocycles. The van der Waals surface area contributed by atoms with Crippen molar-refractivity contribution in [3.63, 3.8) is 0 Å². The van der Waals surface area contributed by atoms with E-state index in [1.165, 1.54) is 24.3 Å². The van der Waals surface area contributed by atoms with Gasteiger partial charge in [0, 0.05) is 23.2 Å². The molecule has 0 saturated carbocycles. The predicted octanol–water partition coefficient (Wildman–Crippen LogP) is 3.08. The fraction of sp³-hybridized carbons (Fsp3) is 0.235. The van der Waals surface area contributed by atoms with E-state index < -0.39 is 0 Å². The second-order valence-corrected chi connectivity index (χ2v) is 4.77. The minimum Gasteiger partial charge on any atom is -0.496 e. The molecule has 4 nitrogen and oxygen atoms in total. The van der Waals surface area contributed by atoms with Crippen molar-refractivity contribution in [3.05, 3.63) is 58.9 Å². The van der Waals surface area contributed by atoms with Gasteiger partial charge in [-0.15, -0.1) is 0 Å².